The molecule has 1 unspecified atom stereocenters. The van der Waals surface area contributed by atoms with E-state index in [1.165, 1.54) is 38.6 Å². The van der Waals surface area contributed by atoms with Crippen LogP contribution >= 0.6 is 21.6 Å². The molecule has 3 aliphatic rings. The first-order valence-corrected chi connectivity index (χ1v) is 27.2. The van der Waals surface area contributed by atoms with Crippen LogP contribution in [-0.4, -0.2) is 141 Å². The second-order valence-electron chi connectivity index (χ2n) is 19.6. The number of hydrogen-bond acceptors (Lipinski definition) is 14. The molecule has 1 aromatic rings. The summed E-state index contributed by atoms with van der Waals surface area (Å²) in [5.74, 6) is -9.54. The third kappa shape index (κ3) is 18.7. The zero-order valence-electron chi connectivity index (χ0n) is 42.0. The van der Waals surface area contributed by atoms with Crippen molar-refractivity contribution >= 4 is 86.6 Å². The molecule has 0 radical (unpaired) electrons. The standard InChI is InChI=1S/C48H73N11O12S2/c1-5-27(4)40-46(70)54-30(15-16-36(49)61)42(66)55-33(22-37(50)62)43(67)57-34(47(71)59-19-9-10-35(59)45(69)56-31(20-26(2)3)41(65)52-24-38(51)63)25-72-73-48(17-7-6-8-18-48)23-39(64)53-32(44(68)58-40)21-28-11-13-29(60)14-12-28/h11-14,26-27,30-35,40,60H,5-10,15-25H2,1-4H3,(H2,49,61)(H2,50,62)(H2,51,63)(H,52,65)(H,53,64)(H,54,70)(H,55,66)(H,56,69)(H,57,67)(H,58,68)/t27-,30?,31-,32-,33-,34-,35-,40-/m0/s1. The molecule has 23 nitrogen and oxygen atoms in total. The second-order valence-corrected chi connectivity index (χ2v) is 22.4. The van der Waals surface area contributed by atoms with Crippen LogP contribution in [-0.2, 0) is 59.2 Å². The van der Waals surface area contributed by atoms with Gasteiger partial charge in [0, 0.05) is 36.3 Å². The molecule has 1 aromatic carbocycles. The fourth-order valence-electron chi connectivity index (χ4n) is 9.00. The van der Waals surface area contributed by atoms with E-state index in [-0.39, 0.29) is 56.1 Å². The number of nitrogens with two attached hydrogens (primary N) is 3. The number of benzene rings is 1. The highest BCUT2D eigenvalue weighted by molar-refractivity contribution is 8.77. The van der Waals surface area contributed by atoms with Crippen LogP contribution in [0.4, 0.5) is 0 Å². The van der Waals surface area contributed by atoms with E-state index in [2.05, 4.69) is 37.2 Å². The van der Waals surface area contributed by atoms with Crippen LogP contribution in [0, 0.1) is 11.8 Å². The van der Waals surface area contributed by atoms with Crippen LogP contribution in [0.5, 0.6) is 5.75 Å². The van der Waals surface area contributed by atoms with Crippen molar-refractivity contribution in [1.82, 2.24) is 42.1 Å². The Bertz CT molecular complexity index is 2180. The lowest BCUT2D eigenvalue weighted by Crippen LogP contribution is -2.61. The van der Waals surface area contributed by atoms with E-state index in [0.717, 1.165) is 19.3 Å². The highest BCUT2D eigenvalue weighted by atomic mass is 33.1. The van der Waals surface area contributed by atoms with Gasteiger partial charge in [0.2, 0.25) is 65.0 Å². The number of rotatable bonds is 17. The van der Waals surface area contributed by atoms with E-state index in [4.69, 9.17) is 17.2 Å². The summed E-state index contributed by atoms with van der Waals surface area (Å²) in [5, 5.41) is 28.5. The normalized spacial score (nSPS) is 24.4. The number of nitrogens with zero attached hydrogens (tertiary/aromatic N) is 1. The van der Waals surface area contributed by atoms with Gasteiger partial charge in [-0.25, -0.2) is 0 Å². The minimum atomic E-state index is -1.73. The van der Waals surface area contributed by atoms with E-state index in [9.17, 15) is 57.8 Å². The van der Waals surface area contributed by atoms with Gasteiger partial charge >= 0.3 is 0 Å². The summed E-state index contributed by atoms with van der Waals surface area (Å²) in [5.41, 5.74) is 16.8. The maximum absolute atomic E-state index is 14.8. The number of hydrogen-bond donors (Lipinski definition) is 11. The Balaban J connectivity index is 1.77. The van der Waals surface area contributed by atoms with Crippen LogP contribution in [0.15, 0.2) is 24.3 Å². The predicted octanol–water partition coefficient (Wildman–Crippen LogP) is -0.843. The Morgan fingerprint density at radius 1 is 0.795 bits per heavy atom. The number of aromatic hydroxyl groups is 1. The first kappa shape index (κ1) is 59.5. The molecule has 3 fully saturated rings. The highest BCUT2D eigenvalue weighted by Gasteiger charge is 2.42. The summed E-state index contributed by atoms with van der Waals surface area (Å²) < 4.78 is -0.719. The summed E-state index contributed by atoms with van der Waals surface area (Å²) in [4.78, 5) is 151. The molecule has 2 aliphatic heterocycles. The summed E-state index contributed by atoms with van der Waals surface area (Å²) in [6.45, 7) is 6.75. The summed E-state index contributed by atoms with van der Waals surface area (Å²) in [6, 6.07) is -3.36. The molecule has 2 saturated heterocycles. The van der Waals surface area contributed by atoms with Crippen molar-refractivity contribution in [1.29, 1.82) is 0 Å². The number of likely N-dealkylation sites (tertiary alicyclic amines) is 1. The Morgan fingerprint density at radius 3 is 2.05 bits per heavy atom. The number of carbonyl (C=O) groups is 11. The third-order valence-corrected chi connectivity index (χ3v) is 16.4. The SMILES string of the molecule is CC[C@H](C)[C@@H]1NC(=O)[C@H](Cc2ccc(O)cc2)NC(=O)CC2(CCCCC2)SSC[C@@H](C(=O)N2CCC[C@H]2C(=O)N[C@@H](CC(C)C)C(=O)NCC(N)=O)NC(=O)[C@H](CC(N)=O)NC(=O)C(CCC(N)=O)NC1=O. The number of nitrogens with one attached hydrogen (secondary N) is 7. The van der Waals surface area contributed by atoms with E-state index in [1.807, 2.05) is 13.8 Å². The zero-order chi connectivity index (χ0) is 54.0. The first-order chi connectivity index (χ1) is 34.5. The van der Waals surface area contributed by atoms with Gasteiger partial charge in [0.05, 0.1) is 13.0 Å². The second kappa shape index (κ2) is 28.4. The number of phenolic OH excluding ortho intramolecular Hbond substituents is 1. The summed E-state index contributed by atoms with van der Waals surface area (Å²) in [7, 11) is 2.54. The van der Waals surface area contributed by atoms with Gasteiger partial charge in [-0.15, -0.1) is 0 Å². The quantitative estimate of drug-likeness (QED) is 0.0848. The molecule has 73 heavy (non-hydrogen) atoms. The lowest BCUT2D eigenvalue weighted by Gasteiger charge is -2.37. The van der Waals surface area contributed by atoms with Crippen molar-refractivity contribution < 1.29 is 57.8 Å². The molecule has 1 saturated carbocycles. The van der Waals surface area contributed by atoms with Gasteiger partial charge in [-0.2, -0.15) is 0 Å². The minimum absolute atomic E-state index is 0.0169. The average molecular weight is 1060 g/mol. The molecule has 1 spiro atoms. The molecular formula is C48H73N11O12S2. The van der Waals surface area contributed by atoms with E-state index in [0.29, 0.717) is 31.2 Å². The van der Waals surface area contributed by atoms with Gasteiger partial charge in [0.1, 0.15) is 48.0 Å². The monoisotopic (exact) mass is 1060 g/mol. The van der Waals surface area contributed by atoms with Gasteiger partial charge in [0.15, 0.2) is 0 Å². The molecule has 25 heteroatoms. The maximum atomic E-state index is 14.8. The van der Waals surface area contributed by atoms with E-state index in [1.54, 1.807) is 26.0 Å². The van der Waals surface area contributed by atoms with Crippen LogP contribution in [0.3, 0.4) is 0 Å². The van der Waals surface area contributed by atoms with Crippen LogP contribution < -0.4 is 54.4 Å². The molecule has 0 bridgehead atoms. The number of phenols is 1. The Kier molecular flexibility index (Phi) is 23.1. The number of primary amides is 3. The molecule has 11 amide bonds. The maximum Gasteiger partial charge on any atom is 0.246 e. The molecule has 404 valence electrons. The van der Waals surface area contributed by atoms with Gasteiger partial charge in [-0.05, 0) is 68.1 Å². The van der Waals surface area contributed by atoms with Crippen molar-refractivity contribution in [2.24, 2.45) is 29.0 Å². The molecule has 8 atom stereocenters. The van der Waals surface area contributed by atoms with Crippen molar-refractivity contribution in [2.45, 2.75) is 165 Å². The number of amides is 11. The van der Waals surface area contributed by atoms with Crippen molar-refractivity contribution in [2.75, 3.05) is 18.8 Å². The predicted molar refractivity (Wildman–Crippen MR) is 272 cm³/mol. The Hall–Kier alpha value is -6.11. The Labute approximate surface area is 433 Å². The van der Waals surface area contributed by atoms with Crippen LogP contribution in [0.1, 0.15) is 117 Å². The fraction of sp³-hybridized carbons (Fsp3) is 0.646. The zero-order valence-corrected chi connectivity index (χ0v) is 43.6. The summed E-state index contributed by atoms with van der Waals surface area (Å²) in [6.07, 6.45) is 3.04. The van der Waals surface area contributed by atoms with Crippen LogP contribution in [0.2, 0.25) is 0 Å². The minimum Gasteiger partial charge on any atom is -0.508 e. The molecule has 14 N–H and O–H groups in total. The topological polar surface area (TPSA) is 374 Å². The van der Waals surface area contributed by atoms with Crippen molar-refractivity contribution in [3.63, 3.8) is 0 Å². The lowest BCUT2D eigenvalue weighted by molar-refractivity contribution is -0.142. The van der Waals surface area contributed by atoms with Crippen molar-refractivity contribution in [3.05, 3.63) is 29.8 Å². The lowest BCUT2D eigenvalue weighted by atomic mass is 9.85. The molecule has 1 aliphatic carbocycles. The Morgan fingerprint density at radius 2 is 1.44 bits per heavy atom. The van der Waals surface area contributed by atoms with E-state index >= 15 is 0 Å². The van der Waals surface area contributed by atoms with Gasteiger partial charge in [-0.1, -0.05) is 87.1 Å². The van der Waals surface area contributed by atoms with E-state index < -0.39 is 137 Å². The highest BCUT2D eigenvalue weighted by Crippen LogP contribution is 2.48. The molecular weight excluding hydrogens is 987 g/mol. The largest absolute Gasteiger partial charge is 0.508 e. The smallest absolute Gasteiger partial charge is 0.246 e. The summed E-state index contributed by atoms with van der Waals surface area (Å²) >= 11 is 0. The van der Waals surface area contributed by atoms with Gasteiger partial charge in [0.25, 0.3) is 0 Å². The third-order valence-electron chi connectivity index (χ3n) is 13.1. The first-order valence-electron chi connectivity index (χ1n) is 24.8. The fourth-order valence-corrected chi connectivity index (χ4v) is 12.4. The van der Waals surface area contributed by atoms with Crippen molar-refractivity contribution in [3.8, 4) is 5.75 Å². The number of carbonyl (C=O) groups excluding carboxylic acids is 11. The molecule has 4 rings (SSSR count). The van der Waals surface area contributed by atoms with Crippen LogP contribution in [0.25, 0.3) is 0 Å². The molecule has 2 heterocycles. The molecule has 0 aromatic heterocycles. The van der Waals surface area contributed by atoms with Gasteiger partial charge in [-0.3, -0.25) is 52.7 Å². The van der Waals surface area contributed by atoms with Gasteiger partial charge < -0.3 is 64.4 Å². The average Bonchev–Trinajstić information content (AvgIpc) is 3.83.